The van der Waals surface area contributed by atoms with Gasteiger partial charge in [0.05, 0.1) is 44.5 Å². The number of amides is 1. The van der Waals surface area contributed by atoms with Crippen molar-refractivity contribution in [1.29, 1.82) is 0 Å². The predicted octanol–water partition coefficient (Wildman–Crippen LogP) is 2.95. The molecule has 9 nitrogen and oxygen atoms in total. The smallest absolute Gasteiger partial charge is 0.255 e. The molecule has 3 aromatic heterocycles. The normalized spacial score (nSPS) is 10.8. The second kappa shape index (κ2) is 9.43. The van der Waals surface area contributed by atoms with Crippen molar-refractivity contribution in [2.75, 3.05) is 26.1 Å². The summed E-state index contributed by atoms with van der Waals surface area (Å²) in [4.78, 5) is 22.5. The van der Waals surface area contributed by atoms with Crippen LogP contribution < -0.4 is 20.1 Å². The Kier molecular flexibility index (Phi) is 6.27. The van der Waals surface area contributed by atoms with Crippen molar-refractivity contribution in [3.63, 3.8) is 0 Å². The summed E-state index contributed by atoms with van der Waals surface area (Å²) in [6.07, 6.45) is 3.25. The standard InChI is InChI=1S/C21H22N6O3S/c1-29-14-5-6-16(18(10-14)30-2)21(28)22-7-8-27-20-17(12-26-27)19(24-13-25-20)23-11-15-4-3-9-31-15/h3-6,9-10,12-13H,7-8,11H2,1-2H3,(H,22,28)(H,23,24,25). The van der Waals surface area contributed by atoms with Gasteiger partial charge in [0.25, 0.3) is 5.91 Å². The van der Waals surface area contributed by atoms with Crippen LogP contribution in [0.15, 0.2) is 48.2 Å². The first-order valence-electron chi connectivity index (χ1n) is 9.62. The average molecular weight is 439 g/mol. The van der Waals surface area contributed by atoms with E-state index in [-0.39, 0.29) is 5.91 Å². The number of rotatable bonds is 9. The third kappa shape index (κ3) is 4.58. The molecular formula is C21H22N6O3S. The molecule has 0 aliphatic carbocycles. The Balaban J connectivity index is 1.40. The highest BCUT2D eigenvalue weighted by Crippen LogP contribution is 2.24. The van der Waals surface area contributed by atoms with Gasteiger partial charge in [0.2, 0.25) is 0 Å². The number of carbonyl (C=O) groups is 1. The molecule has 0 bridgehead atoms. The molecule has 0 aliphatic rings. The first-order chi connectivity index (χ1) is 15.2. The summed E-state index contributed by atoms with van der Waals surface area (Å²) >= 11 is 1.69. The largest absolute Gasteiger partial charge is 0.497 e. The van der Waals surface area contributed by atoms with E-state index in [1.807, 2.05) is 11.4 Å². The number of thiophene rings is 1. The topological polar surface area (TPSA) is 103 Å². The van der Waals surface area contributed by atoms with E-state index in [4.69, 9.17) is 9.47 Å². The summed E-state index contributed by atoms with van der Waals surface area (Å²) in [7, 11) is 3.08. The van der Waals surface area contributed by atoms with E-state index in [0.29, 0.717) is 42.3 Å². The zero-order chi connectivity index (χ0) is 21.6. The predicted molar refractivity (Wildman–Crippen MR) is 119 cm³/mol. The molecule has 1 aromatic carbocycles. The number of nitrogens with zero attached hydrogens (tertiary/aromatic N) is 4. The highest BCUT2D eigenvalue weighted by Gasteiger charge is 2.14. The van der Waals surface area contributed by atoms with Gasteiger partial charge in [0.1, 0.15) is 23.6 Å². The maximum Gasteiger partial charge on any atom is 0.255 e. The van der Waals surface area contributed by atoms with E-state index in [1.165, 1.54) is 18.3 Å². The number of carbonyl (C=O) groups excluding carboxylic acids is 1. The van der Waals surface area contributed by atoms with Crippen molar-refractivity contribution < 1.29 is 14.3 Å². The number of nitrogens with one attached hydrogen (secondary N) is 2. The highest BCUT2D eigenvalue weighted by atomic mass is 32.1. The van der Waals surface area contributed by atoms with Gasteiger partial charge in [-0.1, -0.05) is 6.07 Å². The molecule has 31 heavy (non-hydrogen) atoms. The average Bonchev–Trinajstić information content (AvgIpc) is 3.47. The van der Waals surface area contributed by atoms with Gasteiger partial charge < -0.3 is 20.1 Å². The lowest BCUT2D eigenvalue weighted by atomic mass is 10.1. The third-order valence-electron chi connectivity index (χ3n) is 4.71. The van der Waals surface area contributed by atoms with Crippen LogP contribution in [0.2, 0.25) is 0 Å². The molecule has 2 N–H and O–H groups in total. The number of hydrogen-bond donors (Lipinski definition) is 2. The lowest BCUT2D eigenvalue weighted by Gasteiger charge is -2.11. The van der Waals surface area contributed by atoms with Gasteiger partial charge in [-0.3, -0.25) is 4.79 Å². The third-order valence-corrected chi connectivity index (χ3v) is 5.58. The number of anilines is 1. The van der Waals surface area contributed by atoms with Crippen LogP contribution in [0.25, 0.3) is 11.0 Å². The fourth-order valence-corrected chi connectivity index (χ4v) is 3.78. The molecule has 1 amide bonds. The maximum absolute atomic E-state index is 12.6. The highest BCUT2D eigenvalue weighted by molar-refractivity contribution is 7.09. The van der Waals surface area contributed by atoms with Crippen molar-refractivity contribution in [3.05, 3.63) is 58.7 Å². The van der Waals surface area contributed by atoms with Crippen LogP contribution in [-0.2, 0) is 13.1 Å². The molecule has 0 fully saturated rings. The Morgan fingerprint density at radius 1 is 1.19 bits per heavy atom. The zero-order valence-electron chi connectivity index (χ0n) is 17.2. The molecule has 160 valence electrons. The van der Waals surface area contributed by atoms with Crippen molar-refractivity contribution in [2.45, 2.75) is 13.1 Å². The second-order valence-corrected chi connectivity index (χ2v) is 7.61. The van der Waals surface area contributed by atoms with Gasteiger partial charge in [-0.2, -0.15) is 5.10 Å². The number of ether oxygens (including phenoxy) is 2. The van der Waals surface area contributed by atoms with Gasteiger partial charge in [-0.05, 0) is 23.6 Å². The van der Waals surface area contributed by atoms with E-state index in [2.05, 4.69) is 31.8 Å². The van der Waals surface area contributed by atoms with Crippen molar-refractivity contribution in [1.82, 2.24) is 25.1 Å². The molecule has 0 aliphatic heterocycles. The fourth-order valence-electron chi connectivity index (χ4n) is 3.14. The molecule has 0 saturated carbocycles. The molecule has 0 radical (unpaired) electrons. The monoisotopic (exact) mass is 438 g/mol. The van der Waals surface area contributed by atoms with Crippen LogP contribution in [0.1, 0.15) is 15.2 Å². The van der Waals surface area contributed by atoms with Gasteiger partial charge in [-0.25, -0.2) is 14.6 Å². The van der Waals surface area contributed by atoms with Gasteiger partial charge in [0.15, 0.2) is 5.65 Å². The minimum Gasteiger partial charge on any atom is -0.497 e. The number of fused-ring (bicyclic) bond motifs is 1. The molecule has 4 aromatic rings. The molecular weight excluding hydrogens is 416 g/mol. The van der Waals surface area contributed by atoms with Crippen LogP contribution >= 0.6 is 11.3 Å². The number of benzene rings is 1. The molecule has 10 heteroatoms. The fraction of sp³-hybridized carbons (Fsp3) is 0.238. The first-order valence-corrected chi connectivity index (χ1v) is 10.5. The summed E-state index contributed by atoms with van der Waals surface area (Å²) in [5.74, 6) is 1.58. The van der Waals surface area contributed by atoms with Crippen LogP contribution in [0.3, 0.4) is 0 Å². The van der Waals surface area contributed by atoms with Crippen molar-refractivity contribution in [3.8, 4) is 11.5 Å². The van der Waals surface area contributed by atoms with Crippen LogP contribution in [0.4, 0.5) is 5.82 Å². The maximum atomic E-state index is 12.6. The summed E-state index contributed by atoms with van der Waals surface area (Å²) in [6.45, 7) is 1.54. The van der Waals surface area contributed by atoms with Crippen molar-refractivity contribution >= 4 is 34.1 Å². The molecule has 4 rings (SSSR count). The van der Waals surface area contributed by atoms with E-state index in [1.54, 1.807) is 47.5 Å². The first kappa shape index (κ1) is 20.6. The Morgan fingerprint density at radius 2 is 2.10 bits per heavy atom. The number of aromatic nitrogens is 4. The van der Waals surface area contributed by atoms with Crippen molar-refractivity contribution in [2.24, 2.45) is 0 Å². The van der Waals surface area contributed by atoms with E-state index in [0.717, 1.165) is 11.2 Å². The second-order valence-electron chi connectivity index (χ2n) is 6.58. The number of hydrogen-bond acceptors (Lipinski definition) is 8. The van der Waals surface area contributed by atoms with Crippen LogP contribution in [0, 0.1) is 0 Å². The summed E-state index contributed by atoms with van der Waals surface area (Å²) in [5, 5.41) is 13.5. The van der Waals surface area contributed by atoms with E-state index in [9.17, 15) is 4.79 Å². The Labute approximate surface area is 183 Å². The van der Waals surface area contributed by atoms with E-state index < -0.39 is 0 Å². The summed E-state index contributed by atoms with van der Waals surface area (Å²) < 4.78 is 12.2. The zero-order valence-corrected chi connectivity index (χ0v) is 18.0. The van der Waals surface area contributed by atoms with Crippen LogP contribution in [0.5, 0.6) is 11.5 Å². The Morgan fingerprint density at radius 3 is 2.87 bits per heavy atom. The molecule has 0 spiro atoms. The quantitative estimate of drug-likeness (QED) is 0.414. The summed E-state index contributed by atoms with van der Waals surface area (Å²) in [6, 6.07) is 9.16. The lowest BCUT2D eigenvalue weighted by molar-refractivity contribution is 0.0949. The van der Waals surface area contributed by atoms with Gasteiger partial charge >= 0.3 is 0 Å². The molecule has 0 saturated heterocycles. The van der Waals surface area contributed by atoms with E-state index >= 15 is 0 Å². The Hall–Kier alpha value is -3.66. The minimum atomic E-state index is -0.233. The van der Waals surface area contributed by atoms with Crippen LogP contribution in [-0.4, -0.2) is 46.4 Å². The lowest BCUT2D eigenvalue weighted by Crippen LogP contribution is -2.28. The Bertz CT molecular complexity index is 1180. The summed E-state index contributed by atoms with van der Waals surface area (Å²) in [5.41, 5.74) is 1.15. The molecule has 0 unspecified atom stereocenters. The SMILES string of the molecule is COc1ccc(C(=O)NCCn2ncc3c(NCc4cccs4)ncnc32)c(OC)c1. The minimum absolute atomic E-state index is 0.233. The van der Waals surface area contributed by atoms with Gasteiger partial charge in [0, 0.05) is 17.5 Å². The number of methoxy groups -OCH3 is 2. The van der Waals surface area contributed by atoms with Gasteiger partial charge in [-0.15, -0.1) is 11.3 Å². The molecule has 3 heterocycles. The molecule has 0 atom stereocenters.